The third-order valence-corrected chi connectivity index (χ3v) is 4.03. The lowest BCUT2D eigenvalue weighted by Gasteiger charge is -2.27. The normalized spacial score (nSPS) is 23.8. The number of aromatic nitrogens is 1. The molecule has 0 atom stereocenters. The molecule has 1 aliphatic rings. The third-order valence-electron chi connectivity index (χ3n) is 4.03. The number of nitrogens with zero attached hydrogens (tertiary/aromatic N) is 1. The van der Waals surface area contributed by atoms with Crippen molar-refractivity contribution in [3.63, 3.8) is 0 Å². The molecule has 1 fully saturated rings. The molecule has 0 aromatic carbocycles. The van der Waals surface area contributed by atoms with Crippen molar-refractivity contribution in [2.45, 2.75) is 45.4 Å². The number of hydrogen-bond donors (Lipinski definition) is 1. The quantitative estimate of drug-likeness (QED) is 0.828. The summed E-state index contributed by atoms with van der Waals surface area (Å²) in [5, 5.41) is 0. The monoisotopic (exact) mass is 246 g/mol. The molecule has 0 spiro atoms. The fraction of sp³-hybridized carbons (Fsp3) is 0.600. The highest BCUT2D eigenvalue weighted by atomic mass is 16.1. The van der Waals surface area contributed by atoms with E-state index in [9.17, 15) is 4.79 Å². The lowest BCUT2D eigenvalue weighted by Crippen LogP contribution is -2.22. The number of hydrogen-bond acceptors (Lipinski definition) is 3. The van der Waals surface area contributed by atoms with Crippen molar-refractivity contribution in [1.29, 1.82) is 0 Å². The summed E-state index contributed by atoms with van der Waals surface area (Å²) in [5.74, 6) is 1.17. The summed E-state index contributed by atoms with van der Waals surface area (Å²) < 4.78 is 0. The standard InChI is InChI=1S/C15H22N2O/c1-2-3-11-4-6-12(7-5-11)15(18)13-10-17-9-8-14(13)16/h8-12H,2-7H2,1H3,(H2,16,17). The summed E-state index contributed by atoms with van der Waals surface area (Å²) in [6, 6.07) is 1.70. The molecule has 0 unspecified atom stereocenters. The highest BCUT2D eigenvalue weighted by Gasteiger charge is 2.27. The summed E-state index contributed by atoms with van der Waals surface area (Å²) >= 11 is 0. The van der Waals surface area contributed by atoms with Crippen LogP contribution in [0.15, 0.2) is 18.5 Å². The predicted molar refractivity (Wildman–Crippen MR) is 73.3 cm³/mol. The van der Waals surface area contributed by atoms with Crippen molar-refractivity contribution in [3.8, 4) is 0 Å². The summed E-state index contributed by atoms with van der Waals surface area (Å²) in [6.45, 7) is 2.23. The van der Waals surface area contributed by atoms with Crippen LogP contribution in [0, 0.1) is 11.8 Å². The Balaban J connectivity index is 1.98. The molecule has 0 saturated heterocycles. The second-order valence-electron chi connectivity index (χ2n) is 5.33. The fourth-order valence-electron chi connectivity index (χ4n) is 2.95. The molecule has 1 heterocycles. The number of nitrogen functional groups attached to an aromatic ring is 1. The van der Waals surface area contributed by atoms with Gasteiger partial charge >= 0.3 is 0 Å². The maximum atomic E-state index is 12.4. The molecule has 0 radical (unpaired) electrons. The minimum atomic E-state index is 0.157. The first-order valence-electron chi connectivity index (χ1n) is 6.96. The van der Waals surface area contributed by atoms with Crippen LogP contribution in [-0.2, 0) is 0 Å². The minimum absolute atomic E-state index is 0.157. The average Bonchev–Trinajstić information content (AvgIpc) is 2.40. The Hall–Kier alpha value is -1.38. The van der Waals surface area contributed by atoms with Crippen LogP contribution in [0.1, 0.15) is 55.8 Å². The molecule has 3 nitrogen and oxygen atoms in total. The van der Waals surface area contributed by atoms with Crippen LogP contribution < -0.4 is 5.73 Å². The van der Waals surface area contributed by atoms with Gasteiger partial charge in [-0.3, -0.25) is 9.78 Å². The third kappa shape index (κ3) is 2.89. The Bertz CT molecular complexity index is 409. The number of Topliss-reactive ketones (excluding diaryl/α,β-unsaturated/α-hetero) is 1. The molecule has 1 aromatic heterocycles. The Morgan fingerprint density at radius 1 is 1.39 bits per heavy atom. The molecule has 0 aliphatic heterocycles. The van der Waals surface area contributed by atoms with E-state index in [0.29, 0.717) is 11.3 Å². The van der Waals surface area contributed by atoms with E-state index in [-0.39, 0.29) is 11.7 Å². The van der Waals surface area contributed by atoms with Crippen LogP contribution in [0.5, 0.6) is 0 Å². The second kappa shape index (κ2) is 5.98. The number of nitrogens with two attached hydrogens (primary N) is 1. The Morgan fingerprint density at radius 3 is 2.72 bits per heavy atom. The van der Waals surface area contributed by atoms with E-state index in [1.165, 1.54) is 25.7 Å². The summed E-state index contributed by atoms with van der Waals surface area (Å²) in [4.78, 5) is 16.4. The highest BCUT2D eigenvalue weighted by Crippen LogP contribution is 2.33. The first-order valence-corrected chi connectivity index (χ1v) is 6.96. The van der Waals surface area contributed by atoms with Crippen molar-refractivity contribution in [2.75, 3.05) is 5.73 Å². The van der Waals surface area contributed by atoms with E-state index in [2.05, 4.69) is 11.9 Å². The van der Waals surface area contributed by atoms with Gasteiger partial charge in [-0.15, -0.1) is 0 Å². The van der Waals surface area contributed by atoms with E-state index in [4.69, 9.17) is 5.73 Å². The number of carbonyl (C=O) groups is 1. The number of ketones is 1. The fourth-order valence-corrected chi connectivity index (χ4v) is 2.95. The molecule has 2 rings (SSSR count). The van der Waals surface area contributed by atoms with Crippen LogP contribution in [0.2, 0.25) is 0 Å². The lowest BCUT2D eigenvalue weighted by molar-refractivity contribution is 0.0870. The number of anilines is 1. The van der Waals surface area contributed by atoms with Gasteiger partial charge in [-0.25, -0.2) is 0 Å². The van der Waals surface area contributed by atoms with Gasteiger partial charge in [0.05, 0.1) is 5.56 Å². The minimum Gasteiger partial charge on any atom is -0.398 e. The van der Waals surface area contributed by atoms with Gasteiger partial charge in [-0.1, -0.05) is 19.8 Å². The van der Waals surface area contributed by atoms with Gasteiger partial charge in [0.1, 0.15) is 0 Å². The SMILES string of the molecule is CCCC1CCC(C(=O)c2cnccc2N)CC1. The van der Waals surface area contributed by atoms with Crippen LogP contribution in [-0.4, -0.2) is 10.8 Å². The van der Waals surface area contributed by atoms with E-state index in [1.54, 1.807) is 18.5 Å². The van der Waals surface area contributed by atoms with E-state index in [1.807, 2.05) is 0 Å². The Labute approximate surface area is 109 Å². The van der Waals surface area contributed by atoms with Crippen LogP contribution in [0.3, 0.4) is 0 Å². The maximum Gasteiger partial charge on any atom is 0.169 e. The number of carbonyl (C=O) groups excluding carboxylic acids is 1. The molecule has 3 heteroatoms. The zero-order valence-corrected chi connectivity index (χ0v) is 11.1. The molecule has 1 aliphatic carbocycles. The molecule has 0 amide bonds. The van der Waals surface area contributed by atoms with Gasteiger partial charge < -0.3 is 5.73 Å². The lowest BCUT2D eigenvalue weighted by atomic mass is 9.77. The predicted octanol–water partition coefficient (Wildman–Crippen LogP) is 3.45. The summed E-state index contributed by atoms with van der Waals surface area (Å²) in [5.41, 5.74) is 7.01. The molecular weight excluding hydrogens is 224 g/mol. The Morgan fingerprint density at radius 2 is 2.11 bits per heavy atom. The van der Waals surface area contributed by atoms with E-state index < -0.39 is 0 Å². The molecule has 2 N–H and O–H groups in total. The topological polar surface area (TPSA) is 56.0 Å². The Kier molecular flexibility index (Phi) is 4.34. The van der Waals surface area contributed by atoms with Crippen LogP contribution in [0.4, 0.5) is 5.69 Å². The van der Waals surface area contributed by atoms with Crippen molar-refractivity contribution < 1.29 is 4.79 Å². The smallest absolute Gasteiger partial charge is 0.169 e. The number of pyridine rings is 1. The van der Waals surface area contributed by atoms with Crippen LogP contribution >= 0.6 is 0 Å². The van der Waals surface area contributed by atoms with Crippen molar-refractivity contribution in [3.05, 3.63) is 24.0 Å². The van der Waals surface area contributed by atoms with E-state index >= 15 is 0 Å². The zero-order chi connectivity index (χ0) is 13.0. The van der Waals surface area contributed by atoms with Crippen molar-refractivity contribution in [2.24, 2.45) is 11.8 Å². The van der Waals surface area contributed by atoms with E-state index in [0.717, 1.165) is 18.8 Å². The molecule has 1 aromatic rings. The second-order valence-corrected chi connectivity index (χ2v) is 5.33. The summed E-state index contributed by atoms with van der Waals surface area (Å²) in [7, 11) is 0. The molecule has 18 heavy (non-hydrogen) atoms. The molecule has 1 saturated carbocycles. The van der Waals surface area contributed by atoms with Gasteiger partial charge in [0, 0.05) is 24.0 Å². The van der Waals surface area contributed by atoms with Crippen molar-refractivity contribution >= 4 is 11.5 Å². The van der Waals surface area contributed by atoms with Crippen molar-refractivity contribution in [1.82, 2.24) is 4.98 Å². The largest absolute Gasteiger partial charge is 0.398 e. The summed E-state index contributed by atoms with van der Waals surface area (Å²) in [6.07, 6.45) is 10.2. The van der Waals surface area contributed by atoms with Gasteiger partial charge in [0.25, 0.3) is 0 Å². The molecular formula is C15H22N2O. The van der Waals surface area contributed by atoms with Gasteiger partial charge in [-0.2, -0.15) is 0 Å². The van der Waals surface area contributed by atoms with Gasteiger partial charge in [0.15, 0.2) is 5.78 Å². The number of rotatable bonds is 4. The zero-order valence-electron chi connectivity index (χ0n) is 11.1. The van der Waals surface area contributed by atoms with Gasteiger partial charge in [0.2, 0.25) is 0 Å². The van der Waals surface area contributed by atoms with Gasteiger partial charge in [-0.05, 0) is 37.7 Å². The molecule has 98 valence electrons. The maximum absolute atomic E-state index is 12.4. The molecule has 0 bridgehead atoms. The first kappa shape index (κ1) is 13.1. The van der Waals surface area contributed by atoms with Crippen LogP contribution in [0.25, 0.3) is 0 Å². The average molecular weight is 246 g/mol. The highest BCUT2D eigenvalue weighted by molar-refractivity contribution is 6.01. The first-order chi connectivity index (χ1) is 8.72.